The van der Waals surface area contributed by atoms with E-state index in [-0.39, 0.29) is 24.6 Å². The monoisotopic (exact) mass is 424 g/mol. The minimum Gasteiger partial charge on any atom is -0.462 e. The standard InChI is InChI=1S/C22H20N2O5S/c1-3-29-22(26)20-18(15-6-4-14(2)5-7-15)13-30-21(20)23-12-19(25)16-8-10-17(11-9-16)24(27)28/h4-11,13,23H,3,12H2,1-2H3. The molecule has 0 saturated heterocycles. The number of thiophene rings is 1. The summed E-state index contributed by atoms with van der Waals surface area (Å²) in [7, 11) is 0. The number of ketones is 1. The van der Waals surface area contributed by atoms with Gasteiger partial charge in [0.1, 0.15) is 10.6 Å². The van der Waals surface area contributed by atoms with E-state index in [0.29, 0.717) is 16.1 Å². The van der Waals surface area contributed by atoms with Crippen LogP contribution in [0.4, 0.5) is 10.7 Å². The second-order valence-corrected chi connectivity index (χ2v) is 7.40. The first-order valence-corrected chi connectivity index (χ1v) is 10.2. The van der Waals surface area contributed by atoms with Gasteiger partial charge in [-0.3, -0.25) is 14.9 Å². The number of hydrogen-bond donors (Lipinski definition) is 1. The predicted octanol–water partition coefficient (Wildman–Crippen LogP) is 5.10. The maximum absolute atomic E-state index is 12.6. The van der Waals surface area contributed by atoms with Crippen molar-refractivity contribution < 1.29 is 19.2 Å². The molecule has 0 radical (unpaired) electrons. The number of nitro groups is 1. The van der Waals surface area contributed by atoms with Crippen LogP contribution in [-0.4, -0.2) is 29.8 Å². The zero-order valence-electron chi connectivity index (χ0n) is 16.5. The molecule has 30 heavy (non-hydrogen) atoms. The summed E-state index contributed by atoms with van der Waals surface area (Å²) >= 11 is 1.32. The fourth-order valence-corrected chi connectivity index (χ4v) is 3.83. The van der Waals surface area contributed by atoms with E-state index in [1.54, 1.807) is 6.92 Å². The number of aryl methyl sites for hydroxylation is 1. The normalized spacial score (nSPS) is 10.5. The van der Waals surface area contributed by atoms with E-state index in [9.17, 15) is 19.7 Å². The first-order valence-electron chi connectivity index (χ1n) is 9.28. The average molecular weight is 424 g/mol. The van der Waals surface area contributed by atoms with Crippen LogP contribution in [0.2, 0.25) is 0 Å². The molecule has 1 aromatic heterocycles. The molecule has 0 amide bonds. The van der Waals surface area contributed by atoms with Crippen molar-refractivity contribution in [3.63, 3.8) is 0 Å². The van der Waals surface area contributed by atoms with E-state index >= 15 is 0 Å². The van der Waals surface area contributed by atoms with Gasteiger partial charge >= 0.3 is 5.97 Å². The minimum absolute atomic E-state index is 0.0575. The molecule has 1 heterocycles. The molecule has 3 aromatic rings. The predicted molar refractivity (Wildman–Crippen MR) is 116 cm³/mol. The number of benzene rings is 2. The highest BCUT2D eigenvalue weighted by Crippen LogP contribution is 2.36. The van der Waals surface area contributed by atoms with Gasteiger partial charge in [0.2, 0.25) is 0 Å². The third-order valence-corrected chi connectivity index (χ3v) is 5.38. The van der Waals surface area contributed by atoms with E-state index in [1.807, 2.05) is 36.6 Å². The van der Waals surface area contributed by atoms with Gasteiger partial charge in [-0.1, -0.05) is 29.8 Å². The molecule has 0 aliphatic rings. The molecule has 0 fully saturated rings. The molecule has 154 valence electrons. The van der Waals surface area contributed by atoms with Gasteiger partial charge in [0.15, 0.2) is 5.78 Å². The molecule has 3 rings (SSSR count). The Morgan fingerprint density at radius 1 is 1.10 bits per heavy atom. The topological polar surface area (TPSA) is 98.5 Å². The number of non-ortho nitro benzene ring substituents is 1. The summed E-state index contributed by atoms with van der Waals surface area (Å²) in [6, 6.07) is 13.2. The van der Waals surface area contributed by atoms with Crippen LogP contribution >= 0.6 is 11.3 Å². The van der Waals surface area contributed by atoms with E-state index < -0.39 is 10.9 Å². The number of nitrogens with zero attached hydrogens (tertiary/aromatic N) is 1. The number of Topliss-reactive ketones (excluding diaryl/α,β-unsaturated/α-hetero) is 1. The van der Waals surface area contributed by atoms with Crippen molar-refractivity contribution in [2.24, 2.45) is 0 Å². The van der Waals surface area contributed by atoms with E-state index in [1.165, 1.54) is 35.6 Å². The third-order valence-electron chi connectivity index (χ3n) is 4.44. The maximum Gasteiger partial charge on any atom is 0.341 e. The number of carbonyl (C=O) groups is 2. The number of hydrogen-bond acceptors (Lipinski definition) is 7. The molecular formula is C22H20N2O5S. The molecule has 7 nitrogen and oxygen atoms in total. The molecule has 1 N–H and O–H groups in total. The van der Waals surface area contributed by atoms with E-state index in [2.05, 4.69) is 5.32 Å². The van der Waals surface area contributed by atoms with Crippen molar-refractivity contribution in [3.05, 3.63) is 80.7 Å². The quantitative estimate of drug-likeness (QED) is 0.234. The third kappa shape index (κ3) is 4.72. The fourth-order valence-electron chi connectivity index (χ4n) is 2.87. The Labute approximate surface area is 177 Å². The van der Waals surface area contributed by atoms with Crippen LogP contribution in [0.15, 0.2) is 53.9 Å². The van der Waals surface area contributed by atoms with Crippen molar-refractivity contribution in [1.29, 1.82) is 0 Å². The summed E-state index contributed by atoms with van der Waals surface area (Å²) in [5.74, 6) is -0.704. The lowest BCUT2D eigenvalue weighted by molar-refractivity contribution is -0.384. The first-order chi connectivity index (χ1) is 14.4. The van der Waals surface area contributed by atoms with Gasteiger partial charge in [0.25, 0.3) is 5.69 Å². The van der Waals surface area contributed by atoms with Gasteiger partial charge in [-0.25, -0.2) is 4.79 Å². The summed E-state index contributed by atoms with van der Waals surface area (Å²) in [4.78, 5) is 35.3. The summed E-state index contributed by atoms with van der Waals surface area (Å²) in [6.07, 6.45) is 0. The van der Waals surface area contributed by atoms with Gasteiger partial charge < -0.3 is 10.1 Å². The van der Waals surface area contributed by atoms with Gasteiger partial charge in [0.05, 0.1) is 18.1 Å². The van der Waals surface area contributed by atoms with E-state index in [4.69, 9.17) is 4.74 Å². The van der Waals surface area contributed by atoms with Crippen molar-refractivity contribution in [2.75, 3.05) is 18.5 Å². The Kier molecular flexibility index (Phi) is 6.58. The molecule has 0 unspecified atom stereocenters. The lowest BCUT2D eigenvalue weighted by Crippen LogP contribution is -2.16. The van der Waals surface area contributed by atoms with Crippen LogP contribution in [0.5, 0.6) is 0 Å². The Morgan fingerprint density at radius 2 is 1.77 bits per heavy atom. The summed E-state index contributed by atoms with van der Waals surface area (Å²) < 4.78 is 5.22. The van der Waals surface area contributed by atoms with Gasteiger partial charge in [-0.2, -0.15) is 0 Å². The van der Waals surface area contributed by atoms with Gasteiger partial charge in [0, 0.05) is 28.6 Å². The number of nitro benzene ring substituents is 1. The van der Waals surface area contributed by atoms with Crippen molar-refractivity contribution >= 4 is 33.8 Å². The molecule has 0 saturated carbocycles. The van der Waals surface area contributed by atoms with Crippen molar-refractivity contribution in [2.45, 2.75) is 13.8 Å². The fraction of sp³-hybridized carbons (Fsp3) is 0.182. The SMILES string of the molecule is CCOC(=O)c1c(-c2ccc(C)cc2)csc1NCC(=O)c1ccc([N+](=O)[O-])cc1. The second kappa shape index (κ2) is 9.32. The smallest absolute Gasteiger partial charge is 0.341 e. The van der Waals surface area contributed by atoms with Crippen molar-refractivity contribution in [3.8, 4) is 11.1 Å². The average Bonchev–Trinajstić information content (AvgIpc) is 3.17. The van der Waals surface area contributed by atoms with Crippen LogP contribution in [0.3, 0.4) is 0 Å². The molecule has 0 aliphatic heterocycles. The van der Waals surface area contributed by atoms with Crippen LogP contribution in [0.25, 0.3) is 11.1 Å². The van der Waals surface area contributed by atoms with Crippen LogP contribution in [0, 0.1) is 17.0 Å². The Bertz CT molecular complexity index is 1070. The largest absolute Gasteiger partial charge is 0.462 e. The zero-order chi connectivity index (χ0) is 21.7. The summed E-state index contributed by atoms with van der Waals surface area (Å²) in [6.45, 7) is 3.91. The Morgan fingerprint density at radius 3 is 2.37 bits per heavy atom. The molecule has 0 spiro atoms. The number of anilines is 1. The van der Waals surface area contributed by atoms with Crippen LogP contribution in [0.1, 0.15) is 33.2 Å². The number of ether oxygens (including phenoxy) is 1. The number of esters is 1. The molecule has 2 aromatic carbocycles. The maximum atomic E-state index is 12.6. The second-order valence-electron chi connectivity index (χ2n) is 6.52. The molecule has 0 atom stereocenters. The molecular weight excluding hydrogens is 404 g/mol. The highest BCUT2D eigenvalue weighted by Gasteiger charge is 2.22. The van der Waals surface area contributed by atoms with E-state index in [0.717, 1.165) is 16.7 Å². The Hall–Kier alpha value is -3.52. The first kappa shape index (κ1) is 21.2. The molecule has 8 heteroatoms. The molecule has 0 bridgehead atoms. The van der Waals surface area contributed by atoms with Gasteiger partial charge in [-0.05, 0) is 31.5 Å². The summed E-state index contributed by atoms with van der Waals surface area (Å²) in [5, 5.41) is 16.2. The number of carbonyl (C=O) groups excluding carboxylic acids is 2. The minimum atomic E-state index is -0.517. The number of nitrogens with one attached hydrogen (secondary N) is 1. The van der Waals surface area contributed by atoms with Crippen LogP contribution in [-0.2, 0) is 4.74 Å². The lowest BCUT2D eigenvalue weighted by Gasteiger charge is -2.09. The molecule has 0 aliphatic carbocycles. The van der Waals surface area contributed by atoms with Gasteiger partial charge in [-0.15, -0.1) is 11.3 Å². The van der Waals surface area contributed by atoms with Crippen molar-refractivity contribution in [1.82, 2.24) is 0 Å². The van der Waals surface area contributed by atoms with Crippen LogP contribution < -0.4 is 5.32 Å². The Balaban J connectivity index is 1.82. The summed E-state index contributed by atoms with van der Waals surface area (Å²) in [5.41, 5.74) is 3.39. The number of rotatable bonds is 8. The highest BCUT2D eigenvalue weighted by molar-refractivity contribution is 7.15. The highest BCUT2D eigenvalue weighted by atomic mass is 32.1. The lowest BCUT2D eigenvalue weighted by atomic mass is 10.0. The zero-order valence-corrected chi connectivity index (χ0v) is 17.3.